The summed E-state index contributed by atoms with van der Waals surface area (Å²) < 4.78 is 13.3. The standard InChI is InChI=1S/C27H22N4O6S/c1-4-36-26(33)23-16(3)29-27-30(25(32)22(38-27)12-17-6-5-11-28-14-17)24(23)21-10-9-20(37-21)19-13-18(31(34)35)8-7-15(19)2/h5-14,24H,4H2,1-3H3/b22-12-/t24-/m0/s1. The molecule has 11 heteroatoms. The number of rotatable bonds is 6. The summed E-state index contributed by atoms with van der Waals surface area (Å²) in [5.41, 5.74) is 2.23. The molecule has 192 valence electrons. The van der Waals surface area contributed by atoms with E-state index in [4.69, 9.17) is 9.15 Å². The summed E-state index contributed by atoms with van der Waals surface area (Å²) in [6.07, 6.45) is 5.01. The summed E-state index contributed by atoms with van der Waals surface area (Å²) in [5, 5.41) is 11.3. The van der Waals surface area contributed by atoms with Gasteiger partial charge in [0.05, 0.1) is 27.3 Å². The van der Waals surface area contributed by atoms with E-state index in [0.717, 1.165) is 11.1 Å². The van der Waals surface area contributed by atoms with Gasteiger partial charge in [0.15, 0.2) is 4.80 Å². The van der Waals surface area contributed by atoms with E-state index < -0.39 is 16.9 Å². The number of aryl methyl sites for hydroxylation is 1. The topological polar surface area (TPSA) is 130 Å². The molecule has 1 aliphatic rings. The number of carbonyl (C=O) groups excluding carboxylic acids is 1. The second-order valence-corrected chi connectivity index (χ2v) is 9.56. The highest BCUT2D eigenvalue weighted by atomic mass is 32.1. The van der Waals surface area contributed by atoms with Crippen LogP contribution in [0.4, 0.5) is 5.69 Å². The monoisotopic (exact) mass is 530 g/mol. The molecule has 0 spiro atoms. The van der Waals surface area contributed by atoms with Crippen molar-refractivity contribution in [2.75, 3.05) is 6.61 Å². The molecule has 0 aliphatic carbocycles. The zero-order valence-corrected chi connectivity index (χ0v) is 21.5. The van der Waals surface area contributed by atoms with Gasteiger partial charge in [-0.05, 0) is 56.2 Å². The van der Waals surface area contributed by atoms with Crippen LogP contribution in [-0.4, -0.2) is 27.1 Å². The number of pyridine rings is 1. The Labute approximate surface area is 220 Å². The normalized spacial score (nSPS) is 15.2. The van der Waals surface area contributed by atoms with Gasteiger partial charge in [0.2, 0.25) is 0 Å². The van der Waals surface area contributed by atoms with Gasteiger partial charge in [-0.3, -0.25) is 24.5 Å². The number of aromatic nitrogens is 2. The van der Waals surface area contributed by atoms with E-state index >= 15 is 0 Å². The molecule has 0 saturated heterocycles. The van der Waals surface area contributed by atoms with Crippen LogP contribution in [0, 0.1) is 17.0 Å². The molecule has 1 atom stereocenters. The van der Waals surface area contributed by atoms with Gasteiger partial charge in [0, 0.05) is 30.1 Å². The summed E-state index contributed by atoms with van der Waals surface area (Å²) >= 11 is 1.19. The number of fused-ring (bicyclic) bond motifs is 1. The molecule has 0 radical (unpaired) electrons. The largest absolute Gasteiger partial charge is 0.463 e. The molecular weight excluding hydrogens is 508 g/mol. The molecule has 0 bridgehead atoms. The molecule has 1 aliphatic heterocycles. The van der Waals surface area contributed by atoms with Crippen molar-refractivity contribution in [1.29, 1.82) is 0 Å². The van der Waals surface area contributed by atoms with Crippen molar-refractivity contribution < 1.29 is 18.9 Å². The number of benzene rings is 1. The van der Waals surface area contributed by atoms with E-state index in [0.29, 0.717) is 32.1 Å². The first-order valence-electron chi connectivity index (χ1n) is 11.7. The molecule has 38 heavy (non-hydrogen) atoms. The number of non-ortho nitro benzene ring substituents is 1. The molecule has 3 aromatic heterocycles. The van der Waals surface area contributed by atoms with Gasteiger partial charge in [-0.2, -0.15) is 0 Å². The first kappa shape index (κ1) is 25.0. The van der Waals surface area contributed by atoms with Gasteiger partial charge in [0.1, 0.15) is 17.6 Å². The van der Waals surface area contributed by atoms with Crippen molar-refractivity contribution in [3.8, 4) is 11.3 Å². The number of furan rings is 1. The second kappa shape index (κ2) is 10.0. The van der Waals surface area contributed by atoms with Crippen LogP contribution in [0.25, 0.3) is 17.4 Å². The number of thiazole rings is 1. The van der Waals surface area contributed by atoms with Gasteiger partial charge in [-0.25, -0.2) is 9.79 Å². The molecule has 4 heterocycles. The molecule has 0 saturated carbocycles. The van der Waals surface area contributed by atoms with E-state index in [-0.39, 0.29) is 23.4 Å². The second-order valence-electron chi connectivity index (χ2n) is 8.55. The highest BCUT2D eigenvalue weighted by molar-refractivity contribution is 7.07. The van der Waals surface area contributed by atoms with Crippen LogP contribution in [0.1, 0.15) is 36.8 Å². The molecule has 10 nitrogen and oxygen atoms in total. The van der Waals surface area contributed by atoms with Crippen LogP contribution in [0.3, 0.4) is 0 Å². The SMILES string of the molecule is CCOC(=O)C1=C(C)N=c2s/c(=C\c3cccnc3)c(=O)n2[C@H]1c1ccc(-c2cc([N+](=O)[O-])ccc2C)o1. The Morgan fingerprint density at radius 2 is 2.08 bits per heavy atom. The van der Waals surface area contributed by atoms with Crippen LogP contribution in [0.5, 0.6) is 0 Å². The third-order valence-electron chi connectivity index (χ3n) is 6.09. The molecule has 0 unspecified atom stereocenters. The van der Waals surface area contributed by atoms with E-state index in [2.05, 4.69) is 9.98 Å². The van der Waals surface area contributed by atoms with E-state index in [1.54, 1.807) is 56.6 Å². The van der Waals surface area contributed by atoms with E-state index in [1.165, 1.54) is 28.0 Å². The number of nitrogens with zero attached hydrogens (tertiary/aromatic N) is 4. The number of hydrogen-bond donors (Lipinski definition) is 0. The summed E-state index contributed by atoms with van der Waals surface area (Å²) in [7, 11) is 0. The minimum Gasteiger partial charge on any atom is -0.463 e. The minimum absolute atomic E-state index is 0.0742. The Kier molecular flexibility index (Phi) is 6.60. The maximum atomic E-state index is 13.7. The smallest absolute Gasteiger partial charge is 0.338 e. The lowest BCUT2D eigenvalue weighted by atomic mass is 10.0. The van der Waals surface area contributed by atoms with E-state index in [1.807, 2.05) is 13.0 Å². The molecule has 0 fully saturated rings. The van der Waals surface area contributed by atoms with Gasteiger partial charge in [-0.1, -0.05) is 23.5 Å². The van der Waals surface area contributed by atoms with E-state index in [9.17, 15) is 19.7 Å². The molecule has 1 aromatic carbocycles. The molecule has 5 rings (SSSR count). The summed E-state index contributed by atoms with van der Waals surface area (Å²) in [6, 6.07) is 10.5. The third-order valence-corrected chi connectivity index (χ3v) is 7.08. The van der Waals surface area contributed by atoms with Crippen molar-refractivity contribution in [2.45, 2.75) is 26.8 Å². The van der Waals surface area contributed by atoms with Crippen LogP contribution in [0.2, 0.25) is 0 Å². The van der Waals surface area contributed by atoms with Crippen molar-refractivity contribution in [3.05, 3.63) is 113 Å². The predicted molar refractivity (Wildman–Crippen MR) is 140 cm³/mol. The van der Waals surface area contributed by atoms with Crippen molar-refractivity contribution in [3.63, 3.8) is 0 Å². The summed E-state index contributed by atoms with van der Waals surface area (Å²) in [5.74, 6) is 0.0682. The summed E-state index contributed by atoms with van der Waals surface area (Å²) in [4.78, 5) is 46.6. The van der Waals surface area contributed by atoms with Crippen molar-refractivity contribution in [2.24, 2.45) is 4.99 Å². The Hall–Kier alpha value is -4.64. The fourth-order valence-electron chi connectivity index (χ4n) is 4.31. The molecule has 0 amide bonds. The lowest BCUT2D eigenvalue weighted by molar-refractivity contribution is -0.384. The lowest BCUT2D eigenvalue weighted by Gasteiger charge is -2.22. The quantitative estimate of drug-likeness (QED) is 0.211. The lowest BCUT2D eigenvalue weighted by Crippen LogP contribution is -2.39. The minimum atomic E-state index is -0.936. The Balaban J connectivity index is 1.70. The highest BCUT2D eigenvalue weighted by Crippen LogP contribution is 2.35. The first-order chi connectivity index (χ1) is 18.3. The third kappa shape index (κ3) is 4.48. The zero-order chi connectivity index (χ0) is 27.0. The van der Waals surface area contributed by atoms with Crippen LogP contribution >= 0.6 is 11.3 Å². The van der Waals surface area contributed by atoms with Gasteiger partial charge >= 0.3 is 5.97 Å². The van der Waals surface area contributed by atoms with Crippen molar-refractivity contribution >= 4 is 29.1 Å². The average molecular weight is 531 g/mol. The fourth-order valence-corrected chi connectivity index (χ4v) is 5.35. The molecular formula is C27H22N4O6S. The van der Waals surface area contributed by atoms with Gasteiger partial charge in [-0.15, -0.1) is 0 Å². The average Bonchev–Trinajstić information content (AvgIpc) is 3.49. The number of nitro groups is 1. The van der Waals surface area contributed by atoms with Crippen LogP contribution in [-0.2, 0) is 9.53 Å². The number of hydrogen-bond acceptors (Lipinski definition) is 9. The summed E-state index contributed by atoms with van der Waals surface area (Å²) in [6.45, 7) is 5.34. The highest BCUT2D eigenvalue weighted by Gasteiger charge is 2.35. The maximum absolute atomic E-state index is 13.7. The van der Waals surface area contributed by atoms with Gasteiger partial charge in [0.25, 0.3) is 11.2 Å². The number of esters is 1. The maximum Gasteiger partial charge on any atom is 0.338 e. The van der Waals surface area contributed by atoms with Gasteiger partial charge < -0.3 is 9.15 Å². The number of carbonyl (C=O) groups is 1. The molecule has 0 N–H and O–H groups in total. The Morgan fingerprint density at radius 3 is 2.79 bits per heavy atom. The Morgan fingerprint density at radius 1 is 1.26 bits per heavy atom. The number of nitro benzene ring substituents is 1. The first-order valence-corrected chi connectivity index (χ1v) is 12.5. The predicted octanol–water partition coefficient (Wildman–Crippen LogP) is 3.67. The fraction of sp³-hybridized carbons (Fsp3) is 0.185. The Bertz CT molecular complexity index is 1780. The number of allylic oxidation sites excluding steroid dienone is 1. The molecule has 4 aromatic rings. The number of ether oxygens (including phenoxy) is 1. The van der Waals surface area contributed by atoms with Crippen LogP contribution < -0.4 is 14.9 Å². The van der Waals surface area contributed by atoms with Crippen molar-refractivity contribution in [1.82, 2.24) is 9.55 Å². The zero-order valence-electron chi connectivity index (χ0n) is 20.7. The van der Waals surface area contributed by atoms with Crippen LogP contribution in [0.15, 0.2) is 80.3 Å².